The van der Waals surface area contributed by atoms with Gasteiger partial charge in [-0.2, -0.15) is 0 Å². The maximum Gasteiger partial charge on any atom is 0.180 e. The number of nitrogens with one attached hydrogen (secondary N) is 1. The number of ether oxygens (including phenoxy) is 1. The predicted molar refractivity (Wildman–Crippen MR) is 85.0 cm³/mol. The second-order valence-corrected chi connectivity index (χ2v) is 5.36. The van der Waals surface area contributed by atoms with Crippen LogP contribution in [0.3, 0.4) is 0 Å². The Balaban J connectivity index is 1.65. The summed E-state index contributed by atoms with van der Waals surface area (Å²) in [4.78, 5) is 13.0. The number of anilines is 1. The fraction of sp³-hybridized carbons (Fsp3) is 0.235. The number of aromatic nitrogens is 3. The van der Waals surface area contributed by atoms with Gasteiger partial charge in [0.25, 0.3) is 0 Å². The average Bonchev–Trinajstić information content (AvgIpc) is 2.98. The SMILES string of the molecule is COc1cccc2c1CCC2Nc1ccc2nccnc2n1. The largest absolute Gasteiger partial charge is 0.496 e. The van der Waals surface area contributed by atoms with Crippen molar-refractivity contribution in [2.24, 2.45) is 0 Å². The summed E-state index contributed by atoms with van der Waals surface area (Å²) >= 11 is 0. The zero-order valence-corrected chi connectivity index (χ0v) is 12.3. The van der Waals surface area contributed by atoms with E-state index in [4.69, 9.17) is 4.74 Å². The molecule has 22 heavy (non-hydrogen) atoms. The van der Waals surface area contributed by atoms with E-state index >= 15 is 0 Å². The Bertz CT molecular complexity index is 834. The lowest BCUT2D eigenvalue weighted by Gasteiger charge is -2.15. The van der Waals surface area contributed by atoms with Gasteiger partial charge in [0.15, 0.2) is 5.65 Å². The summed E-state index contributed by atoms with van der Waals surface area (Å²) in [7, 11) is 1.72. The number of nitrogens with zero attached hydrogens (tertiary/aromatic N) is 3. The van der Waals surface area contributed by atoms with Gasteiger partial charge in [-0.1, -0.05) is 12.1 Å². The smallest absolute Gasteiger partial charge is 0.180 e. The van der Waals surface area contributed by atoms with Crippen LogP contribution in [0.5, 0.6) is 5.75 Å². The molecule has 1 aromatic carbocycles. The van der Waals surface area contributed by atoms with E-state index in [1.54, 1.807) is 19.5 Å². The molecule has 0 fully saturated rings. The van der Waals surface area contributed by atoms with Crippen molar-refractivity contribution in [3.63, 3.8) is 0 Å². The summed E-state index contributed by atoms with van der Waals surface area (Å²) in [5, 5.41) is 3.51. The van der Waals surface area contributed by atoms with Crippen molar-refractivity contribution < 1.29 is 4.74 Å². The van der Waals surface area contributed by atoms with Gasteiger partial charge >= 0.3 is 0 Å². The highest BCUT2D eigenvalue weighted by atomic mass is 16.5. The van der Waals surface area contributed by atoms with Gasteiger partial charge in [0.2, 0.25) is 0 Å². The van der Waals surface area contributed by atoms with Crippen molar-refractivity contribution >= 4 is 17.0 Å². The molecule has 3 aromatic rings. The second kappa shape index (κ2) is 5.26. The Kier molecular flexibility index (Phi) is 3.11. The van der Waals surface area contributed by atoms with E-state index in [1.165, 1.54) is 11.1 Å². The van der Waals surface area contributed by atoms with Crippen molar-refractivity contribution in [2.45, 2.75) is 18.9 Å². The monoisotopic (exact) mass is 292 g/mol. The number of hydrogen-bond donors (Lipinski definition) is 1. The summed E-state index contributed by atoms with van der Waals surface area (Å²) in [6.45, 7) is 0. The molecular weight excluding hydrogens is 276 g/mol. The van der Waals surface area contributed by atoms with Crippen LogP contribution in [0.15, 0.2) is 42.7 Å². The van der Waals surface area contributed by atoms with Crippen LogP contribution in [-0.2, 0) is 6.42 Å². The highest BCUT2D eigenvalue weighted by Crippen LogP contribution is 2.38. The van der Waals surface area contributed by atoms with E-state index in [0.717, 1.165) is 29.9 Å². The number of fused-ring (bicyclic) bond motifs is 2. The maximum absolute atomic E-state index is 5.45. The molecule has 2 aromatic heterocycles. The average molecular weight is 292 g/mol. The number of methoxy groups -OCH3 is 1. The third-order valence-electron chi connectivity index (χ3n) is 4.10. The molecule has 0 aliphatic heterocycles. The summed E-state index contributed by atoms with van der Waals surface area (Å²) in [6.07, 6.45) is 5.39. The fourth-order valence-corrected chi connectivity index (χ4v) is 3.08. The molecule has 1 aliphatic rings. The Morgan fingerprint density at radius 3 is 2.95 bits per heavy atom. The lowest BCUT2D eigenvalue weighted by atomic mass is 10.1. The van der Waals surface area contributed by atoms with E-state index in [2.05, 4.69) is 26.3 Å². The summed E-state index contributed by atoms with van der Waals surface area (Å²) in [6, 6.07) is 10.4. The van der Waals surface area contributed by atoms with E-state index in [1.807, 2.05) is 24.3 Å². The molecule has 1 unspecified atom stereocenters. The van der Waals surface area contributed by atoms with Crippen LogP contribution < -0.4 is 10.1 Å². The van der Waals surface area contributed by atoms with Gasteiger partial charge in [0.1, 0.15) is 17.1 Å². The van der Waals surface area contributed by atoms with Gasteiger partial charge in [-0.05, 0) is 42.2 Å². The number of pyridine rings is 1. The molecule has 1 N–H and O–H groups in total. The highest BCUT2D eigenvalue weighted by molar-refractivity contribution is 5.71. The van der Waals surface area contributed by atoms with Crippen molar-refractivity contribution in [1.82, 2.24) is 15.0 Å². The van der Waals surface area contributed by atoms with Gasteiger partial charge in [0.05, 0.1) is 13.2 Å². The molecule has 0 radical (unpaired) electrons. The van der Waals surface area contributed by atoms with Crippen LogP contribution in [0.1, 0.15) is 23.6 Å². The summed E-state index contributed by atoms with van der Waals surface area (Å²) < 4.78 is 5.45. The molecule has 0 saturated heterocycles. The van der Waals surface area contributed by atoms with Crippen LogP contribution in [0.2, 0.25) is 0 Å². The molecule has 0 spiro atoms. The predicted octanol–water partition coefficient (Wildman–Crippen LogP) is 3.13. The zero-order chi connectivity index (χ0) is 14.9. The van der Waals surface area contributed by atoms with Crippen LogP contribution >= 0.6 is 0 Å². The first-order valence-corrected chi connectivity index (χ1v) is 7.35. The first-order chi connectivity index (χ1) is 10.8. The van der Waals surface area contributed by atoms with Gasteiger partial charge in [-0.3, -0.25) is 4.98 Å². The Labute approximate surface area is 128 Å². The molecule has 5 heteroatoms. The van der Waals surface area contributed by atoms with Crippen LogP contribution in [0.4, 0.5) is 5.82 Å². The van der Waals surface area contributed by atoms with E-state index in [9.17, 15) is 0 Å². The van der Waals surface area contributed by atoms with Crippen molar-refractivity contribution in [3.05, 3.63) is 53.9 Å². The Hall–Kier alpha value is -2.69. The number of benzene rings is 1. The van der Waals surface area contributed by atoms with Gasteiger partial charge in [0, 0.05) is 12.4 Å². The lowest BCUT2D eigenvalue weighted by Crippen LogP contribution is -2.08. The molecule has 4 rings (SSSR count). The van der Waals surface area contributed by atoms with Crippen LogP contribution in [-0.4, -0.2) is 22.1 Å². The summed E-state index contributed by atoms with van der Waals surface area (Å²) in [5.41, 5.74) is 4.06. The molecule has 1 atom stereocenters. The van der Waals surface area contributed by atoms with Crippen molar-refractivity contribution in [2.75, 3.05) is 12.4 Å². The molecule has 0 amide bonds. The minimum absolute atomic E-state index is 0.256. The van der Waals surface area contributed by atoms with Crippen LogP contribution in [0.25, 0.3) is 11.2 Å². The van der Waals surface area contributed by atoms with Crippen LogP contribution in [0, 0.1) is 0 Å². The minimum Gasteiger partial charge on any atom is -0.496 e. The molecule has 0 bridgehead atoms. The Morgan fingerprint density at radius 1 is 1.14 bits per heavy atom. The lowest BCUT2D eigenvalue weighted by molar-refractivity contribution is 0.410. The molecule has 2 heterocycles. The van der Waals surface area contributed by atoms with Crippen molar-refractivity contribution in [1.29, 1.82) is 0 Å². The second-order valence-electron chi connectivity index (χ2n) is 5.36. The number of hydrogen-bond acceptors (Lipinski definition) is 5. The first-order valence-electron chi connectivity index (χ1n) is 7.35. The third-order valence-corrected chi connectivity index (χ3v) is 4.10. The van der Waals surface area contributed by atoms with E-state index in [0.29, 0.717) is 5.65 Å². The quantitative estimate of drug-likeness (QED) is 0.803. The molecule has 1 aliphatic carbocycles. The zero-order valence-electron chi connectivity index (χ0n) is 12.3. The Morgan fingerprint density at radius 2 is 2.05 bits per heavy atom. The van der Waals surface area contributed by atoms with Gasteiger partial charge < -0.3 is 10.1 Å². The molecule has 5 nitrogen and oxygen atoms in total. The van der Waals surface area contributed by atoms with E-state index in [-0.39, 0.29) is 6.04 Å². The maximum atomic E-state index is 5.45. The molecular formula is C17H16N4O. The first kappa shape index (κ1) is 13.0. The van der Waals surface area contributed by atoms with E-state index < -0.39 is 0 Å². The standard InChI is InChI=1S/C17H16N4O/c1-22-15-4-2-3-11-12(15)5-6-13(11)20-16-8-7-14-17(21-16)19-10-9-18-14/h2-4,7-10,13H,5-6H2,1H3,(H,19,20,21). The molecule has 0 saturated carbocycles. The van der Waals surface area contributed by atoms with Gasteiger partial charge in [-0.15, -0.1) is 0 Å². The fourth-order valence-electron chi connectivity index (χ4n) is 3.08. The normalized spacial score (nSPS) is 16.5. The van der Waals surface area contributed by atoms with Gasteiger partial charge in [-0.25, -0.2) is 9.97 Å². The summed E-state index contributed by atoms with van der Waals surface area (Å²) in [5.74, 6) is 1.80. The topological polar surface area (TPSA) is 59.9 Å². The highest BCUT2D eigenvalue weighted by Gasteiger charge is 2.25. The number of rotatable bonds is 3. The van der Waals surface area contributed by atoms with Crippen molar-refractivity contribution in [3.8, 4) is 5.75 Å². The molecule has 110 valence electrons. The minimum atomic E-state index is 0.256. The third kappa shape index (κ3) is 2.15.